The molecule has 17 heavy (non-hydrogen) atoms. The summed E-state index contributed by atoms with van der Waals surface area (Å²) >= 11 is 0. The molecule has 1 aromatic rings. The molecule has 0 spiro atoms. The van der Waals surface area contributed by atoms with Crippen molar-refractivity contribution in [2.75, 3.05) is 0 Å². The van der Waals surface area contributed by atoms with Gasteiger partial charge in [-0.2, -0.15) is 0 Å². The molecule has 1 atom stereocenters. The van der Waals surface area contributed by atoms with Crippen molar-refractivity contribution in [2.45, 2.75) is 26.8 Å². The SMILES string of the molecule is CC(C)(C)[C@@H](N)c1c(F)c(F)c(F)c(F)c1F. The van der Waals surface area contributed by atoms with Crippen LogP contribution in [0.4, 0.5) is 22.0 Å². The third-order valence-electron chi connectivity index (χ3n) is 2.49. The lowest BCUT2D eigenvalue weighted by molar-refractivity contribution is 0.292. The Balaban J connectivity index is 3.55. The molecule has 0 aliphatic carbocycles. The van der Waals surface area contributed by atoms with Gasteiger partial charge in [0, 0.05) is 11.6 Å². The van der Waals surface area contributed by atoms with Gasteiger partial charge in [0.1, 0.15) is 0 Å². The molecule has 0 saturated heterocycles. The first-order valence-electron chi connectivity index (χ1n) is 4.86. The summed E-state index contributed by atoms with van der Waals surface area (Å²) in [5.41, 5.74) is 3.71. The molecule has 6 heteroatoms. The monoisotopic (exact) mass is 253 g/mol. The molecule has 2 N–H and O–H groups in total. The van der Waals surface area contributed by atoms with Crippen LogP contribution in [-0.2, 0) is 0 Å². The fourth-order valence-electron chi connectivity index (χ4n) is 1.33. The molecule has 0 aliphatic heterocycles. The number of rotatable bonds is 1. The summed E-state index contributed by atoms with van der Waals surface area (Å²) in [6.45, 7) is 4.61. The van der Waals surface area contributed by atoms with Gasteiger partial charge in [-0.25, -0.2) is 22.0 Å². The summed E-state index contributed by atoms with van der Waals surface area (Å²) in [6, 6.07) is -1.30. The van der Waals surface area contributed by atoms with E-state index in [9.17, 15) is 22.0 Å². The molecule has 0 amide bonds. The number of halogens is 5. The molecule has 0 fully saturated rings. The molecule has 0 aromatic heterocycles. The van der Waals surface area contributed by atoms with Gasteiger partial charge in [0.2, 0.25) is 5.82 Å². The Bertz CT molecular complexity index is 421. The summed E-state index contributed by atoms with van der Waals surface area (Å²) in [6.07, 6.45) is 0. The molecule has 0 bridgehead atoms. The highest BCUT2D eigenvalue weighted by Gasteiger charge is 2.33. The predicted octanol–water partition coefficient (Wildman–Crippen LogP) is 3.43. The average molecular weight is 253 g/mol. The minimum Gasteiger partial charge on any atom is -0.323 e. The molecule has 0 unspecified atom stereocenters. The number of nitrogens with two attached hydrogens (primary N) is 1. The molecule has 0 saturated carbocycles. The second-order valence-electron chi connectivity index (χ2n) is 4.83. The first kappa shape index (κ1) is 13.9. The lowest BCUT2D eigenvalue weighted by atomic mass is 9.82. The second kappa shape index (κ2) is 4.25. The van der Waals surface area contributed by atoms with Crippen molar-refractivity contribution in [1.82, 2.24) is 0 Å². The van der Waals surface area contributed by atoms with Crippen LogP contribution in [0.5, 0.6) is 0 Å². The lowest BCUT2D eigenvalue weighted by Crippen LogP contribution is -2.29. The van der Waals surface area contributed by atoms with Crippen LogP contribution < -0.4 is 5.73 Å². The third-order valence-corrected chi connectivity index (χ3v) is 2.49. The first-order chi connectivity index (χ1) is 7.59. The van der Waals surface area contributed by atoms with Gasteiger partial charge < -0.3 is 5.73 Å². The van der Waals surface area contributed by atoms with Gasteiger partial charge in [0.15, 0.2) is 23.3 Å². The van der Waals surface area contributed by atoms with Gasteiger partial charge >= 0.3 is 0 Å². The van der Waals surface area contributed by atoms with E-state index in [0.717, 1.165) is 0 Å². The molecule has 0 radical (unpaired) electrons. The smallest absolute Gasteiger partial charge is 0.200 e. The minimum absolute atomic E-state index is 0.835. The normalized spacial score (nSPS) is 13.9. The second-order valence-corrected chi connectivity index (χ2v) is 4.83. The van der Waals surface area contributed by atoms with Crippen LogP contribution >= 0.6 is 0 Å². The first-order valence-corrected chi connectivity index (χ1v) is 4.86. The Morgan fingerprint density at radius 3 is 1.35 bits per heavy atom. The molecule has 96 valence electrons. The summed E-state index contributed by atoms with van der Waals surface area (Å²) in [5.74, 6) is -9.87. The highest BCUT2D eigenvalue weighted by molar-refractivity contribution is 5.27. The predicted molar refractivity (Wildman–Crippen MR) is 52.6 cm³/mol. The van der Waals surface area contributed by atoms with Crippen LogP contribution in [0.3, 0.4) is 0 Å². The zero-order chi connectivity index (χ0) is 13.5. The van der Waals surface area contributed by atoms with Crippen molar-refractivity contribution >= 4 is 0 Å². The standard InChI is InChI=1S/C11H12F5N/c1-11(2,3)10(17)4-5(12)7(14)9(16)8(15)6(4)13/h10H,17H2,1-3H3/t10-/m0/s1. The maximum absolute atomic E-state index is 13.4. The van der Waals surface area contributed by atoms with Crippen molar-refractivity contribution in [2.24, 2.45) is 11.1 Å². The minimum atomic E-state index is -2.18. The van der Waals surface area contributed by atoms with Gasteiger partial charge in [-0.1, -0.05) is 20.8 Å². The Kier molecular flexibility index (Phi) is 3.47. The molecule has 0 aliphatic rings. The van der Waals surface area contributed by atoms with E-state index in [2.05, 4.69) is 0 Å². The molecular weight excluding hydrogens is 241 g/mol. The van der Waals surface area contributed by atoms with E-state index < -0.39 is 46.1 Å². The fraction of sp³-hybridized carbons (Fsp3) is 0.455. The Morgan fingerprint density at radius 2 is 1.06 bits per heavy atom. The van der Waals surface area contributed by atoms with Crippen LogP contribution in [0, 0.1) is 34.5 Å². The van der Waals surface area contributed by atoms with Gasteiger partial charge in [0.25, 0.3) is 0 Å². The van der Waals surface area contributed by atoms with Crippen molar-refractivity contribution in [3.05, 3.63) is 34.6 Å². The molecule has 0 heterocycles. The Morgan fingerprint density at radius 1 is 0.765 bits per heavy atom. The van der Waals surface area contributed by atoms with Crippen LogP contribution in [-0.4, -0.2) is 0 Å². The summed E-state index contributed by atoms with van der Waals surface area (Å²) < 4.78 is 65.4. The molecular formula is C11H12F5N. The van der Waals surface area contributed by atoms with E-state index in [0.29, 0.717) is 0 Å². The van der Waals surface area contributed by atoms with Gasteiger partial charge in [-0.3, -0.25) is 0 Å². The number of benzene rings is 1. The van der Waals surface area contributed by atoms with Gasteiger partial charge in [0.05, 0.1) is 0 Å². The molecule has 1 nitrogen and oxygen atoms in total. The van der Waals surface area contributed by atoms with E-state index >= 15 is 0 Å². The van der Waals surface area contributed by atoms with Crippen LogP contribution in [0.25, 0.3) is 0 Å². The van der Waals surface area contributed by atoms with Crippen molar-refractivity contribution < 1.29 is 22.0 Å². The van der Waals surface area contributed by atoms with Gasteiger partial charge in [-0.15, -0.1) is 0 Å². The van der Waals surface area contributed by atoms with E-state index in [1.54, 1.807) is 0 Å². The quantitative estimate of drug-likeness (QED) is 0.463. The maximum Gasteiger partial charge on any atom is 0.200 e. The lowest BCUT2D eigenvalue weighted by Gasteiger charge is -2.28. The van der Waals surface area contributed by atoms with Crippen molar-refractivity contribution in [3.63, 3.8) is 0 Å². The van der Waals surface area contributed by atoms with E-state index in [4.69, 9.17) is 5.73 Å². The van der Waals surface area contributed by atoms with E-state index in [1.807, 2.05) is 0 Å². The van der Waals surface area contributed by atoms with Gasteiger partial charge in [-0.05, 0) is 5.41 Å². The van der Waals surface area contributed by atoms with Crippen LogP contribution in [0.1, 0.15) is 32.4 Å². The maximum atomic E-state index is 13.4. The highest BCUT2D eigenvalue weighted by atomic mass is 19.2. The van der Waals surface area contributed by atoms with Crippen LogP contribution in [0.2, 0.25) is 0 Å². The third kappa shape index (κ3) is 2.26. The Labute approximate surface area is 95.4 Å². The zero-order valence-electron chi connectivity index (χ0n) is 9.54. The van der Waals surface area contributed by atoms with E-state index in [-0.39, 0.29) is 0 Å². The summed E-state index contributed by atoms with van der Waals surface area (Å²) in [4.78, 5) is 0. The summed E-state index contributed by atoms with van der Waals surface area (Å²) in [5, 5.41) is 0. The van der Waals surface area contributed by atoms with Crippen LogP contribution in [0.15, 0.2) is 0 Å². The fourth-order valence-corrected chi connectivity index (χ4v) is 1.33. The number of hydrogen-bond acceptors (Lipinski definition) is 1. The largest absolute Gasteiger partial charge is 0.323 e. The zero-order valence-corrected chi connectivity index (χ0v) is 9.54. The summed E-state index contributed by atoms with van der Waals surface area (Å²) in [7, 11) is 0. The Hall–Kier alpha value is -1.17. The molecule has 1 aromatic carbocycles. The van der Waals surface area contributed by atoms with E-state index in [1.165, 1.54) is 20.8 Å². The number of hydrogen-bond donors (Lipinski definition) is 1. The average Bonchev–Trinajstić information content (AvgIpc) is 2.22. The molecule has 1 rings (SSSR count). The van der Waals surface area contributed by atoms with Crippen molar-refractivity contribution in [3.8, 4) is 0 Å². The highest BCUT2D eigenvalue weighted by Crippen LogP contribution is 2.35. The van der Waals surface area contributed by atoms with Crippen molar-refractivity contribution in [1.29, 1.82) is 0 Å². The topological polar surface area (TPSA) is 26.0 Å².